The predicted octanol–water partition coefficient (Wildman–Crippen LogP) is 3.35. The van der Waals surface area contributed by atoms with E-state index in [0.717, 1.165) is 24.9 Å². The molecule has 0 spiro atoms. The van der Waals surface area contributed by atoms with Crippen LogP contribution in [-0.2, 0) is 0 Å². The molecule has 1 N–H and O–H groups in total. The van der Waals surface area contributed by atoms with Gasteiger partial charge in [0.25, 0.3) is 0 Å². The van der Waals surface area contributed by atoms with Gasteiger partial charge in [0.2, 0.25) is 0 Å². The third-order valence-corrected chi connectivity index (χ3v) is 2.73. The lowest BCUT2D eigenvalue weighted by atomic mass is 10.1. The average Bonchev–Trinajstić information content (AvgIpc) is 2.79. The van der Waals surface area contributed by atoms with Crippen LogP contribution in [0.3, 0.4) is 0 Å². The molecule has 1 saturated heterocycles. The molecular formula is C13H14F3NO. The van der Waals surface area contributed by atoms with Gasteiger partial charge in [0, 0.05) is 6.04 Å². The molecule has 0 aliphatic carbocycles. The van der Waals surface area contributed by atoms with Gasteiger partial charge in [-0.25, -0.2) is 0 Å². The summed E-state index contributed by atoms with van der Waals surface area (Å²) in [6, 6.07) is 6.21. The van der Waals surface area contributed by atoms with Gasteiger partial charge in [0.1, 0.15) is 5.75 Å². The van der Waals surface area contributed by atoms with Crippen molar-refractivity contribution in [3.05, 3.63) is 35.9 Å². The number of hydrogen-bond acceptors (Lipinski definition) is 2. The van der Waals surface area contributed by atoms with Crippen molar-refractivity contribution in [2.75, 3.05) is 6.54 Å². The summed E-state index contributed by atoms with van der Waals surface area (Å²) in [5, 5.41) is 3.31. The molecule has 1 heterocycles. The Labute approximate surface area is 103 Å². The van der Waals surface area contributed by atoms with Crippen LogP contribution in [0.4, 0.5) is 13.2 Å². The zero-order chi connectivity index (χ0) is 13.0. The van der Waals surface area contributed by atoms with Crippen LogP contribution in [0.1, 0.15) is 18.4 Å². The molecule has 5 heteroatoms. The van der Waals surface area contributed by atoms with E-state index in [9.17, 15) is 13.2 Å². The first kappa shape index (κ1) is 13.0. The standard InChI is InChI=1S/C13H14F3NO/c14-13(15,16)18-12-7-4-10(5-8-12)3-6-11-2-1-9-17-11/h3-8,11,17H,1-2,9H2/b6-3+. The van der Waals surface area contributed by atoms with E-state index in [1.54, 1.807) is 12.1 Å². The molecule has 1 aromatic carbocycles. The minimum atomic E-state index is -4.63. The fraction of sp³-hybridized carbons (Fsp3) is 0.385. The summed E-state index contributed by atoms with van der Waals surface area (Å²) < 4.78 is 39.6. The summed E-state index contributed by atoms with van der Waals surface area (Å²) in [5.74, 6) is -0.196. The highest BCUT2D eigenvalue weighted by Gasteiger charge is 2.30. The number of halogens is 3. The second-order valence-corrected chi connectivity index (χ2v) is 4.18. The first-order valence-electron chi connectivity index (χ1n) is 5.80. The van der Waals surface area contributed by atoms with Crippen LogP contribution in [0.15, 0.2) is 30.3 Å². The molecule has 0 radical (unpaired) electrons. The molecule has 18 heavy (non-hydrogen) atoms. The number of hydrogen-bond donors (Lipinski definition) is 1. The Hall–Kier alpha value is -1.49. The third-order valence-electron chi connectivity index (χ3n) is 2.73. The summed E-state index contributed by atoms with van der Waals surface area (Å²) in [4.78, 5) is 0. The van der Waals surface area contributed by atoms with Crippen molar-refractivity contribution in [3.63, 3.8) is 0 Å². The molecule has 0 bridgehead atoms. The maximum absolute atomic E-state index is 11.9. The number of alkyl halides is 3. The third kappa shape index (κ3) is 4.07. The lowest BCUT2D eigenvalue weighted by molar-refractivity contribution is -0.274. The summed E-state index contributed by atoms with van der Waals surface area (Å²) >= 11 is 0. The molecule has 2 rings (SSSR count). The van der Waals surface area contributed by atoms with E-state index in [1.807, 2.05) is 12.2 Å². The summed E-state index contributed by atoms with van der Waals surface area (Å²) in [5.41, 5.74) is 0.859. The first-order chi connectivity index (χ1) is 8.53. The van der Waals surface area contributed by atoms with E-state index in [4.69, 9.17) is 0 Å². The monoisotopic (exact) mass is 257 g/mol. The Kier molecular flexibility index (Phi) is 3.91. The Morgan fingerprint density at radius 1 is 1.22 bits per heavy atom. The second-order valence-electron chi connectivity index (χ2n) is 4.18. The van der Waals surface area contributed by atoms with E-state index in [1.165, 1.54) is 12.1 Å². The van der Waals surface area contributed by atoms with Crippen LogP contribution in [0.2, 0.25) is 0 Å². The Bertz CT molecular complexity index is 405. The van der Waals surface area contributed by atoms with E-state index < -0.39 is 6.36 Å². The molecule has 0 amide bonds. The molecule has 1 fully saturated rings. The molecule has 0 aromatic heterocycles. The fourth-order valence-corrected chi connectivity index (χ4v) is 1.88. The quantitative estimate of drug-likeness (QED) is 0.896. The average molecular weight is 257 g/mol. The molecule has 98 valence electrons. The molecule has 1 atom stereocenters. The molecule has 1 aromatic rings. The predicted molar refractivity (Wildman–Crippen MR) is 63.2 cm³/mol. The first-order valence-corrected chi connectivity index (χ1v) is 5.80. The van der Waals surface area contributed by atoms with Gasteiger partial charge in [0.15, 0.2) is 0 Å². The highest BCUT2D eigenvalue weighted by molar-refractivity contribution is 5.51. The second kappa shape index (κ2) is 5.44. The van der Waals surface area contributed by atoms with Crippen LogP contribution in [0, 0.1) is 0 Å². The highest BCUT2D eigenvalue weighted by atomic mass is 19.4. The number of rotatable bonds is 3. The van der Waals surface area contributed by atoms with Crippen LogP contribution in [0.5, 0.6) is 5.75 Å². The van der Waals surface area contributed by atoms with E-state index in [2.05, 4.69) is 10.1 Å². The minimum Gasteiger partial charge on any atom is -0.406 e. The Balaban J connectivity index is 1.94. The van der Waals surface area contributed by atoms with Gasteiger partial charge in [-0.15, -0.1) is 13.2 Å². The van der Waals surface area contributed by atoms with Gasteiger partial charge in [-0.05, 0) is 37.1 Å². The topological polar surface area (TPSA) is 21.3 Å². The fourth-order valence-electron chi connectivity index (χ4n) is 1.88. The zero-order valence-corrected chi connectivity index (χ0v) is 9.70. The Morgan fingerprint density at radius 3 is 2.50 bits per heavy atom. The maximum atomic E-state index is 11.9. The number of nitrogens with one attached hydrogen (secondary N) is 1. The minimum absolute atomic E-state index is 0.196. The molecule has 1 aliphatic heterocycles. The number of benzene rings is 1. The normalized spacial score (nSPS) is 20.5. The summed E-state index contributed by atoms with van der Waals surface area (Å²) in [6.07, 6.45) is 1.57. The van der Waals surface area contributed by atoms with E-state index in [-0.39, 0.29) is 5.75 Å². The molecule has 0 saturated carbocycles. The molecular weight excluding hydrogens is 243 g/mol. The molecule has 1 aliphatic rings. The van der Waals surface area contributed by atoms with Crippen molar-refractivity contribution in [3.8, 4) is 5.75 Å². The molecule has 2 nitrogen and oxygen atoms in total. The largest absolute Gasteiger partial charge is 0.573 e. The van der Waals surface area contributed by atoms with Gasteiger partial charge in [-0.3, -0.25) is 0 Å². The van der Waals surface area contributed by atoms with Crippen LogP contribution < -0.4 is 10.1 Å². The van der Waals surface area contributed by atoms with Gasteiger partial charge < -0.3 is 10.1 Å². The van der Waals surface area contributed by atoms with Crippen molar-refractivity contribution in [1.29, 1.82) is 0 Å². The van der Waals surface area contributed by atoms with E-state index >= 15 is 0 Å². The van der Waals surface area contributed by atoms with Crippen LogP contribution >= 0.6 is 0 Å². The number of ether oxygens (including phenoxy) is 1. The van der Waals surface area contributed by atoms with Crippen molar-refractivity contribution in [1.82, 2.24) is 5.32 Å². The van der Waals surface area contributed by atoms with Crippen molar-refractivity contribution < 1.29 is 17.9 Å². The van der Waals surface area contributed by atoms with Crippen molar-refractivity contribution in [2.45, 2.75) is 25.2 Å². The Morgan fingerprint density at radius 2 is 1.94 bits per heavy atom. The van der Waals surface area contributed by atoms with Gasteiger partial charge in [-0.1, -0.05) is 24.3 Å². The van der Waals surface area contributed by atoms with Crippen LogP contribution in [0.25, 0.3) is 6.08 Å². The smallest absolute Gasteiger partial charge is 0.406 e. The maximum Gasteiger partial charge on any atom is 0.573 e. The van der Waals surface area contributed by atoms with Crippen LogP contribution in [-0.4, -0.2) is 18.9 Å². The summed E-state index contributed by atoms with van der Waals surface area (Å²) in [7, 11) is 0. The lowest BCUT2D eigenvalue weighted by Gasteiger charge is -2.08. The zero-order valence-electron chi connectivity index (χ0n) is 9.70. The lowest BCUT2D eigenvalue weighted by Crippen LogP contribution is -2.18. The van der Waals surface area contributed by atoms with Gasteiger partial charge in [-0.2, -0.15) is 0 Å². The summed E-state index contributed by atoms with van der Waals surface area (Å²) in [6.45, 7) is 1.02. The SMILES string of the molecule is FC(F)(F)Oc1ccc(/C=C/C2CCCN2)cc1. The highest BCUT2D eigenvalue weighted by Crippen LogP contribution is 2.23. The van der Waals surface area contributed by atoms with Gasteiger partial charge >= 0.3 is 6.36 Å². The van der Waals surface area contributed by atoms with E-state index in [0.29, 0.717) is 6.04 Å². The van der Waals surface area contributed by atoms with Crippen molar-refractivity contribution in [2.24, 2.45) is 0 Å². The van der Waals surface area contributed by atoms with Gasteiger partial charge in [0.05, 0.1) is 0 Å². The molecule has 1 unspecified atom stereocenters. The van der Waals surface area contributed by atoms with Crippen molar-refractivity contribution >= 4 is 6.08 Å².